The summed E-state index contributed by atoms with van der Waals surface area (Å²) in [5.41, 5.74) is 10.0. The van der Waals surface area contributed by atoms with E-state index in [1.807, 2.05) is 0 Å². The first kappa shape index (κ1) is 14.8. The summed E-state index contributed by atoms with van der Waals surface area (Å²) in [6.45, 7) is 11.1. The monoisotopic (exact) mass is 266 g/mol. The maximum Gasteiger partial charge on any atom is -0.0120 e. The number of rotatable bonds is 4. The highest BCUT2D eigenvalue weighted by atomic mass is 14.2. The SMILES string of the molecule is CCc1cc(CC)c(-c2cc(C)cc(C)c2)c(CC)c1. The lowest BCUT2D eigenvalue weighted by Gasteiger charge is -2.17. The van der Waals surface area contributed by atoms with Crippen LogP contribution in [0.25, 0.3) is 11.1 Å². The Morgan fingerprint density at radius 2 is 1.15 bits per heavy atom. The van der Waals surface area contributed by atoms with Crippen LogP contribution in [0.4, 0.5) is 0 Å². The second-order valence-corrected chi connectivity index (χ2v) is 5.73. The molecule has 0 saturated carbocycles. The first-order valence-corrected chi connectivity index (χ1v) is 7.82. The molecule has 0 spiro atoms. The van der Waals surface area contributed by atoms with Gasteiger partial charge in [-0.2, -0.15) is 0 Å². The maximum atomic E-state index is 2.40. The van der Waals surface area contributed by atoms with E-state index in [4.69, 9.17) is 0 Å². The highest BCUT2D eigenvalue weighted by Crippen LogP contribution is 2.31. The minimum Gasteiger partial charge on any atom is -0.0613 e. The summed E-state index contributed by atoms with van der Waals surface area (Å²) in [5, 5.41) is 0. The number of benzene rings is 2. The molecule has 0 nitrogen and oxygen atoms in total. The third-order valence-electron chi connectivity index (χ3n) is 4.04. The molecule has 0 heterocycles. The first-order valence-electron chi connectivity index (χ1n) is 7.82. The van der Waals surface area contributed by atoms with Crippen molar-refractivity contribution in [2.24, 2.45) is 0 Å². The Hall–Kier alpha value is -1.56. The van der Waals surface area contributed by atoms with Gasteiger partial charge in [-0.25, -0.2) is 0 Å². The van der Waals surface area contributed by atoms with E-state index in [0.717, 1.165) is 19.3 Å². The Morgan fingerprint density at radius 3 is 1.55 bits per heavy atom. The van der Waals surface area contributed by atoms with Crippen LogP contribution in [0.3, 0.4) is 0 Å². The van der Waals surface area contributed by atoms with Crippen LogP contribution in [-0.2, 0) is 19.3 Å². The normalized spacial score (nSPS) is 10.8. The van der Waals surface area contributed by atoms with Gasteiger partial charge < -0.3 is 0 Å². The van der Waals surface area contributed by atoms with Crippen LogP contribution in [0, 0.1) is 13.8 Å². The fourth-order valence-corrected chi connectivity index (χ4v) is 3.09. The summed E-state index contributed by atoms with van der Waals surface area (Å²) in [6.07, 6.45) is 3.32. The minimum atomic E-state index is 1.10. The zero-order valence-electron chi connectivity index (χ0n) is 13.5. The van der Waals surface area contributed by atoms with Crippen LogP contribution >= 0.6 is 0 Å². The molecule has 0 bridgehead atoms. The zero-order chi connectivity index (χ0) is 14.7. The molecule has 0 fully saturated rings. The Balaban J connectivity index is 2.70. The van der Waals surface area contributed by atoms with Crippen LogP contribution < -0.4 is 0 Å². The van der Waals surface area contributed by atoms with Crippen LogP contribution in [0.5, 0.6) is 0 Å². The number of aryl methyl sites for hydroxylation is 5. The largest absolute Gasteiger partial charge is 0.0613 e. The average Bonchev–Trinajstić information content (AvgIpc) is 2.44. The van der Waals surface area contributed by atoms with Gasteiger partial charge in [0.05, 0.1) is 0 Å². The van der Waals surface area contributed by atoms with E-state index >= 15 is 0 Å². The van der Waals surface area contributed by atoms with Gasteiger partial charge in [0.2, 0.25) is 0 Å². The Kier molecular flexibility index (Phi) is 4.65. The maximum absolute atomic E-state index is 2.40. The van der Waals surface area contributed by atoms with Crippen molar-refractivity contribution >= 4 is 0 Å². The summed E-state index contributed by atoms with van der Waals surface area (Å²) in [7, 11) is 0. The quantitative estimate of drug-likeness (QED) is 0.670. The van der Waals surface area contributed by atoms with Crippen molar-refractivity contribution in [3.63, 3.8) is 0 Å². The van der Waals surface area contributed by atoms with E-state index < -0.39 is 0 Å². The van der Waals surface area contributed by atoms with E-state index in [-0.39, 0.29) is 0 Å². The molecule has 0 unspecified atom stereocenters. The van der Waals surface area contributed by atoms with Crippen molar-refractivity contribution < 1.29 is 0 Å². The minimum absolute atomic E-state index is 1.10. The molecule has 0 radical (unpaired) electrons. The number of hydrogen-bond acceptors (Lipinski definition) is 0. The molecule has 106 valence electrons. The molecule has 2 rings (SSSR count). The molecular formula is C20H26. The third-order valence-corrected chi connectivity index (χ3v) is 4.04. The fraction of sp³-hybridized carbons (Fsp3) is 0.400. The standard InChI is InChI=1S/C20H26/c1-6-16-12-17(7-2)20(18(8-3)13-16)19-10-14(4)9-15(5)11-19/h9-13H,6-8H2,1-5H3. The van der Waals surface area contributed by atoms with E-state index in [1.54, 1.807) is 0 Å². The predicted octanol–water partition coefficient (Wildman–Crippen LogP) is 5.66. The van der Waals surface area contributed by atoms with E-state index in [0.29, 0.717) is 0 Å². The first-order chi connectivity index (χ1) is 9.58. The van der Waals surface area contributed by atoms with Crippen molar-refractivity contribution in [1.82, 2.24) is 0 Å². The predicted molar refractivity (Wildman–Crippen MR) is 89.5 cm³/mol. The lowest BCUT2D eigenvalue weighted by molar-refractivity contribution is 1.05. The molecule has 0 aliphatic heterocycles. The molecule has 20 heavy (non-hydrogen) atoms. The topological polar surface area (TPSA) is 0 Å². The smallest absolute Gasteiger partial charge is 0.0120 e. The number of hydrogen-bond donors (Lipinski definition) is 0. The third kappa shape index (κ3) is 2.95. The molecule has 2 aromatic rings. The van der Waals surface area contributed by atoms with E-state index in [9.17, 15) is 0 Å². The Morgan fingerprint density at radius 1 is 0.650 bits per heavy atom. The lowest BCUT2D eigenvalue weighted by atomic mass is 9.88. The zero-order valence-corrected chi connectivity index (χ0v) is 13.5. The van der Waals surface area contributed by atoms with Crippen molar-refractivity contribution in [3.8, 4) is 11.1 Å². The van der Waals surface area contributed by atoms with Gasteiger partial charge in [-0.3, -0.25) is 0 Å². The van der Waals surface area contributed by atoms with E-state index in [1.165, 1.54) is 38.9 Å². The van der Waals surface area contributed by atoms with E-state index in [2.05, 4.69) is 65.0 Å². The molecule has 2 aromatic carbocycles. The van der Waals surface area contributed by atoms with Gasteiger partial charge >= 0.3 is 0 Å². The van der Waals surface area contributed by atoms with Crippen LogP contribution in [0.15, 0.2) is 30.3 Å². The van der Waals surface area contributed by atoms with Gasteiger partial charge in [-0.1, -0.05) is 62.2 Å². The van der Waals surface area contributed by atoms with Crippen molar-refractivity contribution in [2.75, 3.05) is 0 Å². The second kappa shape index (κ2) is 6.26. The van der Waals surface area contributed by atoms with Crippen LogP contribution in [0.1, 0.15) is 48.6 Å². The van der Waals surface area contributed by atoms with Crippen molar-refractivity contribution in [3.05, 3.63) is 58.1 Å². The summed E-state index contributed by atoms with van der Waals surface area (Å²) in [4.78, 5) is 0. The van der Waals surface area contributed by atoms with Gasteiger partial charge in [0.1, 0.15) is 0 Å². The molecule has 0 aliphatic carbocycles. The molecule has 0 heteroatoms. The summed E-state index contributed by atoms with van der Waals surface area (Å²) in [6, 6.07) is 11.7. The molecule has 0 saturated heterocycles. The summed E-state index contributed by atoms with van der Waals surface area (Å²) < 4.78 is 0. The average molecular weight is 266 g/mol. The molecule has 0 aromatic heterocycles. The second-order valence-electron chi connectivity index (χ2n) is 5.73. The van der Waals surface area contributed by atoms with Gasteiger partial charge in [0.15, 0.2) is 0 Å². The summed E-state index contributed by atoms with van der Waals surface area (Å²) in [5.74, 6) is 0. The van der Waals surface area contributed by atoms with Gasteiger partial charge in [0.25, 0.3) is 0 Å². The Bertz CT molecular complexity index is 560. The van der Waals surface area contributed by atoms with Crippen molar-refractivity contribution in [1.29, 1.82) is 0 Å². The van der Waals surface area contributed by atoms with Crippen LogP contribution in [-0.4, -0.2) is 0 Å². The fourth-order valence-electron chi connectivity index (χ4n) is 3.09. The highest BCUT2D eigenvalue weighted by molar-refractivity contribution is 5.73. The van der Waals surface area contributed by atoms with Crippen LogP contribution in [0.2, 0.25) is 0 Å². The van der Waals surface area contributed by atoms with Gasteiger partial charge in [0, 0.05) is 0 Å². The molecule has 0 N–H and O–H groups in total. The lowest BCUT2D eigenvalue weighted by Crippen LogP contribution is -1.98. The molecule has 0 amide bonds. The highest BCUT2D eigenvalue weighted by Gasteiger charge is 2.11. The van der Waals surface area contributed by atoms with Crippen molar-refractivity contribution in [2.45, 2.75) is 53.9 Å². The Labute approximate surface area is 123 Å². The van der Waals surface area contributed by atoms with Gasteiger partial charge in [-0.15, -0.1) is 0 Å². The molecular weight excluding hydrogens is 240 g/mol. The summed E-state index contributed by atoms with van der Waals surface area (Å²) >= 11 is 0. The molecule has 0 atom stereocenters. The van der Waals surface area contributed by atoms with Gasteiger partial charge in [-0.05, 0) is 60.9 Å². The molecule has 0 aliphatic rings.